The third kappa shape index (κ3) is 2.20. The summed E-state index contributed by atoms with van der Waals surface area (Å²) in [5.41, 5.74) is 7.60. The highest BCUT2D eigenvalue weighted by molar-refractivity contribution is 5.97. The molecule has 1 aliphatic heterocycles. The third-order valence-corrected chi connectivity index (χ3v) is 3.33. The second-order valence-electron chi connectivity index (χ2n) is 5.38. The minimum atomic E-state index is -0.970. The molecule has 4 heteroatoms. The molecule has 4 nitrogen and oxygen atoms in total. The maximum Gasteiger partial charge on any atom is 0.337 e. The van der Waals surface area contributed by atoms with Crippen LogP contribution in [-0.4, -0.2) is 24.2 Å². The lowest BCUT2D eigenvalue weighted by molar-refractivity contribution is 0.0698. The van der Waals surface area contributed by atoms with Gasteiger partial charge in [0.15, 0.2) is 0 Å². The topological polar surface area (TPSA) is 66.6 Å². The second-order valence-corrected chi connectivity index (χ2v) is 5.38. The van der Waals surface area contributed by atoms with Crippen LogP contribution in [0.15, 0.2) is 18.2 Å². The molecule has 92 valence electrons. The van der Waals surface area contributed by atoms with E-state index in [1.165, 1.54) is 0 Å². The van der Waals surface area contributed by atoms with E-state index in [1.54, 1.807) is 12.1 Å². The summed E-state index contributed by atoms with van der Waals surface area (Å²) in [5.74, 6) is -0.970. The molecular weight excluding hydrogens is 216 g/mol. The number of hydrogen-bond acceptors (Lipinski definition) is 3. The van der Waals surface area contributed by atoms with Crippen LogP contribution >= 0.6 is 0 Å². The fourth-order valence-corrected chi connectivity index (χ4v) is 2.33. The number of carbonyl (C=O) groups is 1. The average molecular weight is 234 g/mol. The zero-order valence-electron chi connectivity index (χ0n) is 10.2. The number of carboxylic acids is 1. The summed E-state index contributed by atoms with van der Waals surface area (Å²) in [6.45, 7) is 6.27. The molecule has 0 spiro atoms. The van der Waals surface area contributed by atoms with Gasteiger partial charge in [0.2, 0.25) is 0 Å². The Morgan fingerprint density at radius 2 is 2.18 bits per heavy atom. The number of anilines is 2. The van der Waals surface area contributed by atoms with Gasteiger partial charge >= 0.3 is 5.97 Å². The van der Waals surface area contributed by atoms with Crippen LogP contribution in [0.25, 0.3) is 0 Å². The van der Waals surface area contributed by atoms with Gasteiger partial charge < -0.3 is 15.7 Å². The second kappa shape index (κ2) is 3.95. The van der Waals surface area contributed by atoms with E-state index in [2.05, 4.69) is 18.7 Å². The van der Waals surface area contributed by atoms with Gasteiger partial charge in [0.05, 0.1) is 16.9 Å². The lowest BCUT2D eigenvalue weighted by atomic mass is 9.93. The fourth-order valence-electron chi connectivity index (χ4n) is 2.33. The minimum absolute atomic E-state index is 0.187. The van der Waals surface area contributed by atoms with Crippen LogP contribution in [0.4, 0.5) is 11.4 Å². The summed E-state index contributed by atoms with van der Waals surface area (Å²) < 4.78 is 0. The molecular formula is C13H18N2O2. The van der Waals surface area contributed by atoms with Crippen molar-refractivity contribution < 1.29 is 9.90 Å². The van der Waals surface area contributed by atoms with Gasteiger partial charge in [-0.1, -0.05) is 19.9 Å². The Morgan fingerprint density at radius 3 is 2.71 bits per heavy atom. The number of benzene rings is 1. The maximum atomic E-state index is 11.0. The molecule has 0 radical (unpaired) electrons. The number of carboxylic acid groups (broad SMARTS) is 1. The van der Waals surface area contributed by atoms with E-state index < -0.39 is 5.97 Å². The molecule has 1 heterocycles. The molecule has 1 aromatic carbocycles. The number of aromatic carboxylic acids is 1. The van der Waals surface area contributed by atoms with Crippen LogP contribution in [0, 0.1) is 5.41 Å². The number of para-hydroxylation sites is 1. The van der Waals surface area contributed by atoms with Crippen LogP contribution in [-0.2, 0) is 0 Å². The number of rotatable bonds is 2. The van der Waals surface area contributed by atoms with E-state index in [4.69, 9.17) is 10.8 Å². The molecule has 3 N–H and O–H groups in total. The molecule has 0 saturated carbocycles. The zero-order valence-corrected chi connectivity index (χ0v) is 10.2. The van der Waals surface area contributed by atoms with E-state index >= 15 is 0 Å². The Morgan fingerprint density at radius 1 is 1.47 bits per heavy atom. The SMILES string of the molecule is CC1(C)CCN(c2cccc(C(=O)O)c2N)C1. The average Bonchev–Trinajstić information content (AvgIpc) is 2.58. The molecule has 0 unspecified atom stereocenters. The van der Waals surface area contributed by atoms with Gasteiger partial charge in [0.1, 0.15) is 0 Å². The quantitative estimate of drug-likeness (QED) is 0.770. The predicted molar refractivity (Wildman–Crippen MR) is 68.4 cm³/mol. The number of nitrogens with two attached hydrogens (primary N) is 1. The molecule has 2 rings (SSSR count). The van der Waals surface area contributed by atoms with Crippen molar-refractivity contribution in [2.75, 3.05) is 23.7 Å². The molecule has 0 aromatic heterocycles. The number of hydrogen-bond donors (Lipinski definition) is 2. The molecule has 1 aliphatic rings. The Labute approximate surface area is 101 Å². The standard InChI is InChI=1S/C13H18N2O2/c1-13(2)6-7-15(8-13)10-5-3-4-9(11(10)14)12(16)17/h3-5H,6-8,14H2,1-2H3,(H,16,17). The lowest BCUT2D eigenvalue weighted by Crippen LogP contribution is -2.24. The Kier molecular flexibility index (Phi) is 2.73. The van der Waals surface area contributed by atoms with Crippen LogP contribution in [0.1, 0.15) is 30.6 Å². The van der Waals surface area contributed by atoms with Crippen molar-refractivity contribution in [3.05, 3.63) is 23.8 Å². The van der Waals surface area contributed by atoms with Gasteiger partial charge in [-0.3, -0.25) is 0 Å². The normalized spacial score (nSPS) is 18.4. The van der Waals surface area contributed by atoms with Crippen LogP contribution < -0.4 is 10.6 Å². The molecule has 17 heavy (non-hydrogen) atoms. The zero-order chi connectivity index (χ0) is 12.6. The van der Waals surface area contributed by atoms with Gasteiger partial charge in [-0.25, -0.2) is 4.79 Å². The van der Waals surface area contributed by atoms with E-state index in [9.17, 15) is 4.79 Å². The largest absolute Gasteiger partial charge is 0.478 e. The minimum Gasteiger partial charge on any atom is -0.478 e. The number of nitrogen functional groups attached to an aromatic ring is 1. The Hall–Kier alpha value is -1.71. The summed E-state index contributed by atoms with van der Waals surface area (Å²) in [7, 11) is 0. The van der Waals surface area contributed by atoms with Gasteiger partial charge in [-0.15, -0.1) is 0 Å². The summed E-state index contributed by atoms with van der Waals surface area (Å²) in [6.07, 6.45) is 1.10. The Bertz CT molecular complexity index is 455. The third-order valence-electron chi connectivity index (χ3n) is 3.33. The Balaban J connectivity index is 2.34. The van der Waals surface area contributed by atoms with E-state index in [0.29, 0.717) is 5.69 Å². The smallest absolute Gasteiger partial charge is 0.337 e. The number of nitrogens with zero attached hydrogens (tertiary/aromatic N) is 1. The summed E-state index contributed by atoms with van der Waals surface area (Å²) in [5, 5.41) is 9.04. The van der Waals surface area contributed by atoms with Crippen LogP contribution in [0.5, 0.6) is 0 Å². The predicted octanol–water partition coefficient (Wildman–Crippen LogP) is 2.20. The molecule has 1 saturated heterocycles. The highest BCUT2D eigenvalue weighted by atomic mass is 16.4. The van der Waals surface area contributed by atoms with Gasteiger partial charge in [-0.2, -0.15) is 0 Å². The lowest BCUT2D eigenvalue weighted by Gasteiger charge is -2.23. The highest BCUT2D eigenvalue weighted by Gasteiger charge is 2.30. The fraction of sp³-hybridized carbons (Fsp3) is 0.462. The van der Waals surface area contributed by atoms with Crippen molar-refractivity contribution in [1.29, 1.82) is 0 Å². The first kappa shape index (κ1) is 11.8. The van der Waals surface area contributed by atoms with Crippen LogP contribution in [0.3, 0.4) is 0 Å². The molecule has 0 amide bonds. The summed E-state index contributed by atoms with van der Waals surface area (Å²) in [6, 6.07) is 5.19. The van der Waals surface area contributed by atoms with Crippen LogP contribution in [0.2, 0.25) is 0 Å². The van der Waals surface area contributed by atoms with Gasteiger partial charge in [-0.05, 0) is 24.0 Å². The molecule has 1 fully saturated rings. The van der Waals surface area contributed by atoms with Crippen molar-refractivity contribution in [3.8, 4) is 0 Å². The van der Waals surface area contributed by atoms with Crippen molar-refractivity contribution in [1.82, 2.24) is 0 Å². The molecule has 0 atom stereocenters. The molecule has 0 bridgehead atoms. The summed E-state index contributed by atoms with van der Waals surface area (Å²) in [4.78, 5) is 13.2. The van der Waals surface area contributed by atoms with E-state index in [1.807, 2.05) is 6.07 Å². The summed E-state index contributed by atoms with van der Waals surface area (Å²) >= 11 is 0. The van der Waals surface area contributed by atoms with Crippen molar-refractivity contribution >= 4 is 17.3 Å². The van der Waals surface area contributed by atoms with Crippen molar-refractivity contribution in [2.24, 2.45) is 5.41 Å². The highest BCUT2D eigenvalue weighted by Crippen LogP contribution is 2.36. The molecule has 0 aliphatic carbocycles. The van der Waals surface area contributed by atoms with Gasteiger partial charge in [0, 0.05) is 13.1 Å². The van der Waals surface area contributed by atoms with Gasteiger partial charge in [0.25, 0.3) is 0 Å². The van der Waals surface area contributed by atoms with E-state index in [0.717, 1.165) is 25.2 Å². The van der Waals surface area contributed by atoms with Crippen molar-refractivity contribution in [3.63, 3.8) is 0 Å². The van der Waals surface area contributed by atoms with Crippen molar-refractivity contribution in [2.45, 2.75) is 20.3 Å². The molecule has 1 aromatic rings. The first-order chi connectivity index (χ1) is 7.91. The first-order valence-corrected chi connectivity index (χ1v) is 5.77. The maximum absolute atomic E-state index is 11.0. The monoisotopic (exact) mass is 234 g/mol. The first-order valence-electron chi connectivity index (χ1n) is 5.77. The van der Waals surface area contributed by atoms with E-state index in [-0.39, 0.29) is 11.0 Å².